The molecule has 0 N–H and O–H groups in total. The minimum atomic E-state index is -3.04. The Hall–Kier alpha value is -2.51. The van der Waals surface area contributed by atoms with E-state index in [1.165, 1.54) is 6.07 Å². The summed E-state index contributed by atoms with van der Waals surface area (Å²) in [5, 5.41) is 1.11. The standard InChI is InChI=1S/C21H15F2OP/c1-13(14-7-3-2-4-8-14)15-11-12-17(21(22,23)25)19-16-9-5-6-10-18(16)24-20(15)19/h2-12H,1,25H2. The molecule has 0 spiro atoms. The first kappa shape index (κ1) is 16.0. The fourth-order valence-electron chi connectivity index (χ4n) is 3.14. The van der Waals surface area contributed by atoms with Gasteiger partial charge in [-0.05, 0) is 17.2 Å². The Morgan fingerprint density at radius 1 is 0.920 bits per heavy atom. The van der Waals surface area contributed by atoms with Gasteiger partial charge in [0.25, 0.3) is 5.66 Å². The van der Waals surface area contributed by atoms with E-state index in [1.807, 2.05) is 42.5 Å². The Morgan fingerprint density at radius 3 is 2.32 bits per heavy atom. The molecule has 0 aliphatic rings. The van der Waals surface area contributed by atoms with Gasteiger partial charge in [0.2, 0.25) is 0 Å². The van der Waals surface area contributed by atoms with Gasteiger partial charge in [-0.15, -0.1) is 0 Å². The van der Waals surface area contributed by atoms with E-state index >= 15 is 0 Å². The van der Waals surface area contributed by atoms with Crippen molar-refractivity contribution in [1.29, 1.82) is 0 Å². The van der Waals surface area contributed by atoms with Crippen LogP contribution in [0.3, 0.4) is 0 Å². The summed E-state index contributed by atoms with van der Waals surface area (Å²) in [4.78, 5) is 0. The van der Waals surface area contributed by atoms with Gasteiger partial charge in [0, 0.05) is 21.9 Å². The van der Waals surface area contributed by atoms with Gasteiger partial charge in [-0.1, -0.05) is 76.5 Å². The molecule has 4 rings (SSSR count). The molecule has 3 aromatic carbocycles. The minimum Gasteiger partial charge on any atom is -0.455 e. The summed E-state index contributed by atoms with van der Waals surface area (Å²) in [6.45, 7) is 4.15. The van der Waals surface area contributed by atoms with Crippen LogP contribution in [-0.4, -0.2) is 0 Å². The lowest BCUT2D eigenvalue weighted by Crippen LogP contribution is -2.03. The van der Waals surface area contributed by atoms with E-state index < -0.39 is 5.66 Å². The Bertz CT molecular complexity index is 1090. The van der Waals surface area contributed by atoms with Crippen molar-refractivity contribution in [2.75, 3.05) is 0 Å². The van der Waals surface area contributed by atoms with Crippen molar-refractivity contribution < 1.29 is 13.2 Å². The van der Waals surface area contributed by atoms with Crippen molar-refractivity contribution in [2.24, 2.45) is 0 Å². The summed E-state index contributed by atoms with van der Waals surface area (Å²) in [6, 6.07) is 20.0. The zero-order valence-corrected chi connectivity index (χ0v) is 14.5. The molecule has 0 amide bonds. The quantitative estimate of drug-likeness (QED) is 0.380. The van der Waals surface area contributed by atoms with Gasteiger partial charge in [0.15, 0.2) is 0 Å². The van der Waals surface area contributed by atoms with Gasteiger partial charge in [0.05, 0.1) is 0 Å². The monoisotopic (exact) mass is 352 g/mol. The molecule has 124 valence electrons. The number of para-hydroxylation sites is 1. The molecule has 0 aliphatic heterocycles. The van der Waals surface area contributed by atoms with E-state index in [1.54, 1.807) is 27.4 Å². The molecule has 1 aromatic heterocycles. The number of rotatable bonds is 3. The summed E-state index contributed by atoms with van der Waals surface area (Å²) in [5.41, 5.74) is 0.295. The molecule has 0 saturated heterocycles. The van der Waals surface area contributed by atoms with Crippen molar-refractivity contribution in [3.8, 4) is 0 Å². The molecule has 4 aromatic rings. The third-order valence-corrected chi connectivity index (χ3v) is 4.64. The molecule has 0 saturated carbocycles. The third-order valence-electron chi connectivity index (χ3n) is 4.33. The average molecular weight is 352 g/mol. The second kappa shape index (κ2) is 5.79. The van der Waals surface area contributed by atoms with Crippen molar-refractivity contribution in [3.05, 3.63) is 90.0 Å². The van der Waals surface area contributed by atoms with Crippen LogP contribution in [0.15, 0.2) is 77.7 Å². The number of fused-ring (bicyclic) bond motifs is 3. The fraction of sp³-hybridized carbons (Fsp3) is 0.0476. The van der Waals surface area contributed by atoms with Crippen LogP contribution >= 0.6 is 9.24 Å². The van der Waals surface area contributed by atoms with E-state index in [-0.39, 0.29) is 5.56 Å². The maximum atomic E-state index is 14.1. The van der Waals surface area contributed by atoms with Crippen LogP contribution in [0.2, 0.25) is 0 Å². The molecule has 25 heavy (non-hydrogen) atoms. The zero-order valence-electron chi connectivity index (χ0n) is 13.3. The second-order valence-electron chi connectivity index (χ2n) is 5.93. The Morgan fingerprint density at radius 2 is 1.60 bits per heavy atom. The predicted octanol–water partition coefficient (Wildman–Crippen LogP) is 6.57. The van der Waals surface area contributed by atoms with Gasteiger partial charge >= 0.3 is 0 Å². The molecule has 0 fully saturated rings. The lowest BCUT2D eigenvalue weighted by molar-refractivity contribution is 0.106. The largest absolute Gasteiger partial charge is 0.455 e. The molecule has 0 radical (unpaired) electrons. The van der Waals surface area contributed by atoms with Crippen LogP contribution < -0.4 is 0 Å². The summed E-state index contributed by atoms with van der Waals surface area (Å²) in [5.74, 6) is 0. The van der Waals surface area contributed by atoms with Gasteiger partial charge in [0.1, 0.15) is 11.2 Å². The summed E-state index contributed by atoms with van der Waals surface area (Å²) >= 11 is 0. The SMILES string of the molecule is C=C(c1ccccc1)c1ccc(C(F)(F)P)c2c1oc1ccccc12. The molecule has 4 heteroatoms. The number of furan rings is 1. The summed E-state index contributed by atoms with van der Waals surface area (Å²) in [6.07, 6.45) is 0. The first-order valence-corrected chi connectivity index (χ1v) is 8.40. The van der Waals surface area contributed by atoms with Gasteiger partial charge in [-0.2, -0.15) is 8.78 Å². The van der Waals surface area contributed by atoms with Crippen LogP contribution in [0, 0.1) is 0 Å². The number of alkyl halides is 2. The molecule has 1 atom stereocenters. The van der Waals surface area contributed by atoms with Crippen molar-refractivity contribution >= 4 is 36.8 Å². The maximum Gasteiger partial charge on any atom is 0.284 e. The van der Waals surface area contributed by atoms with Gasteiger partial charge in [-0.3, -0.25) is 0 Å². The van der Waals surface area contributed by atoms with Gasteiger partial charge < -0.3 is 4.42 Å². The molecule has 1 heterocycles. The highest BCUT2D eigenvalue weighted by molar-refractivity contribution is 7.17. The second-order valence-corrected chi connectivity index (χ2v) is 6.66. The molecular weight excluding hydrogens is 337 g/mol. The van der Waals surface area contributed by atoms with Crippen LogP contribution in [0.5, 0.6) is 0 Å². The van der Waals surface area contributed by atoms with Crippen LogP contribution in [0.1, 0.15) is 16.7 Å². The van der Waals surface area contributed by atoms with E-state index in [2.05, 4.69) is 6.58 Å². The van der Waals surface area contributed by atoms with Crippen LogP contribution in [0.25, 0.3) is 27.5 Å². The van der Waals surface area contributed by atoms with Crippen molar-refractivity contribution in [3.63, 3.8) is 0 Å². The fourth-order valence-corrected chi connectivity index (χ4v) is 3.38. The van der Waals surface area contributed by atoms with E-state index in [4.69, 9.17) is 4.42 Å². The topological polar surface area (TPSA) is 13.1 Å². The molecule has 0 aliphatic carbocycles. The summed E-state index contributed by atoms with van der Waals surface area (Å²) < 4.78 is 34.2. The first-order chi connectivity index (χ1) is 12.0. The predicted molar refractivity (Wildman–Crippen MR) is 102 cm³/mol. The smallest absolute Gasteiger partial charge is 0.284 e. The minimum absolute atomic E-state index is 0.0675. The lowest BCUT2D eigenvalue weighted by atomic mass is 9.95. The average Bonchev–Trinajstić information content (AvgIpc) is 2.99. The summed E-state index contributed by atoms with van der Waals surface area (Å²) in [7, 11) is 1.61. The number of hydrogen-bond acceptors (Lipinski definition) is 1. The highest BCUT2D eigenvalue weighted by atomic mass is 31.0. The normalized spacial score (nSPS) is 12.0. The zero-order chi connectivity index (χ0) is 17.6. The highest BCUT2D eigenvalue weighted by Crippen LogP contribution is 2.45. The Balaban J connectivity index is 2.07. The van der Waals surface area contributed by atoms with Crippen molar-refractivity contribution in [1.82, 2.24) is 0 Å². The van der Waals surface area contributed by atoms with Crippen LogP contribution in [0.4, 0.5) is 8.78 Å². The number of halogens is 2. The van der Waals surface area contributed by atoms with Gasteiger partial charge in [-0.25, -0.2) is 0 Å². The molecule has 1 unspecified atom stereocenters. The number of benzene rings is 3. The highest BCUT2D eigenvalue weighted by Gasteiger charge is 2.30. The Labute approximate surface area is 146 Å². The molecule has 0 bridgehead atoms. The third kappa shape index (κ3) is 2.65. The number of hydrogen-bond donors (Lipinski definition) is 0. The van der Waals surface area contributed by atoms with Crippen molar-refractivity contribution in [2.45, 2.75) is 5.66 Å². The van der Waals surface area contributed by atoms with E-state index in [0.717, 1.165) is 16.7 Å². The first-order valence-electron chi connectivity index (χ1n) is 7.83. The maximum absolute atomic E-state index is 14.1. The van der Waals surface area contributed by atoms with Crippen LogP contribution in [-0.2, 0) is 5.66 Å². The van der Waals surface area contributed by atoms with E-state index in [0.29, 0.717) is 21.9 Å². The molecular formula is C21H15F2OP. The van der Waals surface area contributed by atoms with E-state index in [9.17, 15) is 8.78 Å². The lowest BCUT2D eigenvalue weighted by Gasteiger charge is -2.14. The Kier molecular flexibility index (Phi) is 3.70. The molecule has 1 nitrogen and oxygen atoms in total.